The molecule has 0 bridgehead atoms. The normalized spacial score (nSPS) is 10.9. The number of carboxylic acid groups (broad SMARTS) is 1. The number of nitrogens with zero attached hydrogens (tertiary/aromatic N) is 1. The highest BCUT2D eigenvalue weighted by Gasteiger charge is 2.24. The van der Waals surface area contributed by atoms with Gasteiger partial charge in [0, 0.05) is 21.8 Å². The maximum absolute atomic E-state index is 12.5. The highest BCUT2D eigenvalue weighted by Crippen LogP contribution is 2.36. The fourth-order valence-electron chi connectivity index (χ4n) is 2.95. The molecule has 3 N–H and O–H groups in total. The van der Waals surface area contributed by atoms with Crippen molar-refractivity contribution in [1.82, 2.24) is 10.2 Å². The van der Waals surface area contributed by atoms with Crippen molar-refractivity contribution in [3.05, 3.63) is 63.3 Å². The lowest BCUT2D eigenvalue weighted by molar-refractivity contribution is -0.143. The van der Waals surface area contributed by atoms with E-state index in [9.17, 15) is 9.59 Å². The average molecular weight is 500 g/mol. The number of aliphatic carboxylic acids is 1. The molecule has 1 heterocycles. The summed E-state index contributed by atoms with van der Waals surface area (Å²) in [7, 11) is 0. The zero-order valence-corrected chi connectivity index (χ0v) is 20.6. The topological polar surface area (TPSA) is 104 Å². The summed E-state index contributed by atoms with van der Waals surface area (Å²) in [6.07, 6.45) is 0. The van der Waals surface area contributed by atoms with Crippen LogP contribution >= 0.6 is 23.2 Å². The van der Waals surface area contributed by atoms with Gasteiger partial charge in [-0.1, -0.05) is 47.2 Å². The zero-order valence-electron chi connectivity index (χ0n) is 19.0. The van der Waals surface area contributed by atoms with Crippen LogP contribution in [0.5, 0.6) is 5.88 Å². The van der Waals surface area contributed by atoms with E-state index in [1.807, 2.05) is 32.0 Å². The first-order valence-electron chi connectivity index (χ1n) is 10.3. The van der Waals surface area contributed by atoms with Crippen LogP contribution in [0.3, 0.4) is 0 Å². The number of H-pyrrole nitrogens is 1. The van der Waals surface area contributed by atoms with Gasteiger partial charge in [-0.05, 0) is 57.5 Å². The second-order valence-electron chi connectivity index (χ2n) is 8.22. The van der Waals surface area contributed by atoms with Crippen LogP contribution in [0.15, 0.2) is 36.4 Å². The number of nitrogens with one attached hydrogen (secondary N) is 2. The van der Waals surface area contributed by atoms with Crippen LogP contribution in [0.25, 0.3) is 11.1 Å². The van der Waals surface area contributed by atoms with E-state index in [0.29, 0.717) is 21.8 Å². The van der Waals surface area contributed by atoms with Gasteiger partial charge >= 0.3 is 5.97 Å². The minimum atomic E-state index is -1.19. The summed E-state index contributed by atoms with van der Waals surface area (Å²) in [5.74, 6) is 4.29. The van der Waals surface area contributed by atoms with Crippen molar-refractivity contribution >= 4 is 40.8 Å². The third kappa shape index (κ3) is 5.90. The van der Waals surface area contributed by atoms with Crippen molar-refractivity contribution in [2.45, 2.75) is 27.7 Å². The molecule has 0 aliphatic rings. The Labute approximate surface area is 207 Å². The minimum Gasteiger partial charge on any atom is -0.480 e. The van der Waals surface area contributed by atoms with E-state index >= 15 is 0 Å². The van der Waals surface area contributed by atoms with Gasteiger partial charge in [0.05, 0.1) is 16.3 Å². The first-order chi connectivity index (χ1) is 16.0. The fraction of sp³-hybridized carbons (Fsp3) is 0.240. The monoisotopic (exact) mass is 499 g/mol. The number of benzene rings is 2. The zero-order chi connectivity index (χ0) is 25.0. The Morgan fingerprint density at radius 2 is 1.88 bits per heavy atom. The van der Waals surface area contributed by atoms with Gasteiger partial charge in [0.2, 0.25) is 5.88 Å². The first kappa shape index (κ1) is 25.2. The lowest BCUT2D eigenvalue weighted by Gasteiger charge is -2.11. The Kier molecular flexibility index (Phi) is 7.55. The van der Waals surface area contributed by atoms with Crippen LogP contribution in [-0.2, 0) is 9.59 Å². The van der Waals surface area contributed by atoms with Crippen molar-refractivity contribution in [2.75, 3.05) is 11.9 Å². The van der Waals surface area contributed by atoms with Gasteiger partial charge in [0.1, 0.15) is 5.41 Å². The summed E-state index contributed by atoms with van der Waals surface area (Å²) in [5.41, 5.74) is 2.92. The van der Waals surface area contributed by atoms with Crippen LogP contribution in [0.2, 0.25) is 10.0 Å². The van der Waals surface area contributed by atoms with Crippen LogP contribution in [0.1, 0.15) is 30.7 Å². The number of aromatic amines is 1. The molecule has 0 aliphatic heterocycles. The SMILES string of the molecule is Cc1ccc(-c2c(OCC(=O)Nc3ccc(C#CC(C)(C)C(=O)O)cc3Cl)n[nH]c2C)c(Cl)c1. The number of carbonyl (C=O) groups is 2. The molecule has 9 heteroatoms. The van der Waals surface area contributed by atoms with Gasteiger partial charge in [0.25, 0.3) is 5.91 Å². The number of ether oxygens (including phenoxy) is 1. The number of aromatic nitrogens is 2. The lowest BCUT2D eigenvalue weighted by atomic mass is 9.94. The molecule has 3 aromatic rings. The Morgan fingerprint density at radius 3 is 2.53 bits per heavy atom. The molecular weight excluding hydrogens is 477 g/mol. The minimum absolute atomic E-state index is 0.260. The van der Waals surface area contributed by atoms with Gasteiger partial charge < -0.3 is 15.2 Å². The molecule has 0 aliphatic carbocycles. The van der Waals surface area contributed by atoms with E-state index < -0.39 is 17.3 Å². The highest BCUT2D eigenvalue weighted by molar-refractivity contribution is 6.34. The molecule has 3 rings (SSSR count). The molecule has 176 valence electrons. The van der Waals surface area contributed by atoms with Crippen LogP contribution in [0.4, 0.5) is 5.69 Å². The van der Waals surface area contributed by atoms with E-state index in [1.54, 1.807) is 18.2 Å². The number of aryl methyl sites for hydroxylation is 2. The molecular formula is C25H23Cl2N3O4. The van der Waals surface area contributed by atoms with Crippen molar-refractivity contribution in [3.63, 3.8) is 0 Å². The maximum Gasteiger partial charge on any atom is 0.321 e. The molecule has 0 saturated carbocycles. The van der Waals surface area contributed by atoms with E-state index in [0.717, 1.165) is 16.8 Å². The number of amides is 1. The predicted molar refractivity (Wildman–Crippen MR) is 132 cm³/mol. The van der Waals surface area contributed by atoms with Gasteiger partial charge in [-0.2, -0.15) is 0 Å². The average Bonchev–Trinajstić information content (AvgIpc) is 3.12. The molecule has 0 radical (unpaired) electrons. The van der Waals surface area contributed by atoms with Gasteiger partial charge in [-0.25, -0.2) is 0 Å². The Balaban J connectivity index is 1.69. The van der Waals surface area contributed by atoms with Crippen molar-refractivity contribution in [1.29, 1.82) is 0 Å². The third-order valence-electron chi connectivity index (χ3n) is 4.95. The molecule has 0 saturated heterocycles. The Hall–Kier alpha value is -3.47. The quantitative estimate of drug-likeness (QED) is 0.389. The second-order valence-corrected chi connectivity index (χ2v) is 9.04. The van der Waals surface area contributed by atoms with E-state index in [-0.39, 0.29) is 17.5 Å². The van der Waals surface area contributed by atoms with Crippen molar-refractivity contribution < 1.29 is 19.4 Å². The molecule has 2 aromatic carbocycles. The predicted octanol–water partition coefficient (Wildman–Crippen LogP) is 5.48. The summed E-state index contributed by atoms with van der Waals surface area (Å²) in [4.78, 5) is 23.7. The molecule has 0 spiro atoms. The van der Waals surface area contributed by atoms with Gasteiger partial charge in [-0.3, -0.25) is 14.7 Å². The van der Waals surface area contributed by atoms with E-state index in [1.165, 1.54) is 13.8 Å². The van der Waals surface area contributed by atoms with Crippen LogP contribution in [-0.4, -0.2) is 33.8 Å². The molecule has 34 heavy (non-hydrogen) atoms. The highest BCUT2D eigenvalue weighted by atomic mass is 35.5. The number of anilines is 1. The molecule has 0 unspecified atom stereocenters. The summed E-state index contributed by atoms with van der Waals surface area (Å²) in [6, 6.07) is 10.4. The lowest BCUT2D eigenvalue weighted by Crippen LogP contribution is -2.21. The molecule has 1 amide bonds. The Bertz CT molecular complexity index is 1320. The summed E-state index contributed by atoms with van der Waals surface area (Å²) >= 11 is 12.7. The number of rotatable bonds is 6. The summed E-state index contributed by atoms with van der Waals surface area (Å²) in [6.45, 7) is 6.51. The summed E-state index contributed by atoms with van der Waals surface area (Å²) < 4.78 is 5.66. The number of halogens is 2. The van der Waals surface area contributed by atoms with E-state index in [4.69, 9.17) is 33.0 Å². The molecule has 1 aromatic heterocycles. The van der Waals surface area contributed by atoms with Crippen molar-refractivity contribution in [2.24, 2.45) is 5.41 Å². The van der Waals surface area contributed by atoms with Crippen molar-refractivity contribution in [3.8, 4) is 28.8 Å². The molecule has 0 atom stereocenters. The van der Waals surface area contributed by atoms with Gasteiger partial charge in [0.15, 0.2) is 6.61 Å². The van der Waals surface area contributed by atoms with Crippen LogP contribution < -0.4 is 10.1 Å². The largest absolute Gasteiger partial charge is 0.480 e. The third-order valence-corrected chi connectivity index (χ3v) is 5.57. The van der Waals surface area contributed by atoms with Crippen LogP contribution in [0, 0.1) is 31.1 Å². The number of carbonyl (C=O) groups excluding carboxylic acids is 1. The fourth-order valence-corrected chi connectivity index (χ4v) is 3.51. The smallest absolute Gasteiger partial charge is 0.321 e. The summed E-state index contributed by atoms with van der Waals surface area (Å²) in [5, 5.41) is 19.7. The molecule has 7 nitrogen and oxygen atoms in total. The number of carboxylic acids is 1. The number of hydrogen-bond acceptors (Lipinski definition) is 4. The van der Waals surface area contributed by atoms with Gasteiger partial charge in [-0.15, -0.1) is 5.10 Å². The number of hydrogen-bond donors (Lipinski definition) is 3. The first-order valence-corrected chi connectivity index (χ1v) is 11.0. The maximum atomic E-state index is 12.5. The Morgan fingerprint density at radius 1 is 1.15 bits per heavy atom. The molecule has 0 fully saturated rings. The van der Waals surface area contributed by atoms with E-state index in [2.05, 4.69) is 27.4 Å². The second kappa shape index (κ2) is 10.2. The standard InChI is InChI=1S/C25H23Cl2N3O4/c1-14-5-7-17(18(26)11-14)22-15(2)29-30-23(22)34-13-21(31)28-20-8-6-16(12-19(20)27)9-10-25(3,4)24(32)33/h5-8,11-12H,13H2,1-4H3,(H,28,31)(H,29,30)(H,32,33).